The maximum absolute atomic E-state index is 13.6. The van der Waals surface area contributed by atoms with Crippen molar-refractivity contribution in [3.8, 4) is 5.69 Å². The molecule has 0 spiro atoms. The van der Waals surface area contributed by atoms with E-state index in [4.69, 9.17) is 5.11 Å². The summed E-state index contributed by atoms with van der Waals surface area (Å²) in [6.07, 6.45) is -0.00381. The first-order valence-corrected chi connectivity index (χ1v) is 12.0. The van der Waals surface area contributed by atoms with E-state index in [2.05, 4.69) is 10.4 Å². The summed E-state index contributed by atoms with van der Waals surface area (Å²) >= 11 is 0. The highest BCUT2D eigenvalue weighted by molar-refractivity contribution is 5.95. The molecular formula is C28H32FN3O5. The number of hydrogen-bond acceptors (Lipinski definition) is 5. The van der Waals surface area contributed by atoms with Crippen LogP contribution in [-0.4, -0.2) is 49.2 Å². The van der Waals surface area contributed by atoms with Crippen LogP contribution in [0.1, 0.15) is 65.5 Å². The Morgan fingerprint density at radius 3 is 2.41 bits per heavy atom. The third kappa shape index (κ3) is 7.34. The third-order valence-electron chi connectivity index (χ3n) is 5.92. The zero-order valence-corrected chi connectivity index (χ0v) is 21.1. The second-order valence-electron chi connectivity index (χ2n) is 9.21. The molecule has 0 aliphatic heterocycles. The van der Waals surface area contributed by atoms with Gasteiger partial charge in [0.1, 0.15) is 5.82 Å². The van der Waals surface area contributed by atoms with Crippen molar-refractivity contribution in [3.05, 3.63) is 88.5 Å². The highest BCUT2D eigenvalue weighted by Crippen LogP contribution is 2.28. The number of carboxylic acids is 1. The van der Waals surface area contributed by atoms with Crippen molar-refractivity contribution in [2.45, 2.75) is 58.3 Å². The molecular weight excluding hydrogens is 477 g/mol. The van der Waals surface area contributed by atoms with E-state index in [-0.39, 0.29) is 23.9 Å². The van der Waals surface area contributed by atoms with Gasteiger partial charge in [-0.1, -0.05) is 44.2 Å². The van der Waals surface area contributed by atoms with E-state index >= 15 is 0 Å². The fraction of sp³-hybridized carbons (Fsp3) is 0.321. The quantitative estimate of drug-likeness (QED) is 0.310. The van der Waals surface area contributed by atoms with Gasteiger partial charge >= 0.3 is 5.97 Å². The van der Waals surface area contributed by atoms with Crippen molar-refractivity contribution >= 4 is 18.0 Å². The van der Waals surface area contributed by atoms with Crippen LogP contribution in [0.3, 0.4) is 0 Å². The molecule has 0 saturated heterocycles. The normalized spacial score (nSPS) is 13.2. The van der Waals surface area contributed by atoms with Gasteiger partial charge in [-0.05, 0) is 54.3 Å². The van der Waals surface area contributed by atoms with Crippen LogP contribution in [0.5, 0.6) is 0 Å². The van der Waals surface area contributed by atoms with E-state index < -0.39 is 30.4 Å². The number of aliphatic hydroxyl groups excluding tert-OH is 2. The number of benzene rings is 2. The van der Waals surface area contributed by atoms with Crippen LogP contribution in [0.25, 0.3) is 11.8 Å². The van der Waals surface area contributed by atoms with Crippen LogP contribution in [0.4, 0.5) is 4.39 Å². The van der Waals surface area contributed by atoms with Crippen molar-refractivity contribution < 1.29 is 29.3 Å². The van der Waals surface area contributed by atoms with Crippen molar-refractivity contribution in [2.75, 3.05) is 0 Å². The predicted octanol–water partition coefficient (Wildman–Crippen LogP) is 3.97. The number of carbonyl (C=O) groups is 2. The average Bonchev–Trinajstić information content (AvgIpc) is 3.22. The number of hydrogen-bond donors (Lipinski definition) is 4. The molecule has 1 amide bonds. The number of aromatic nitrogens is 2. The van der Waals surface area contributed by atoms with Crippen molar-refractivity contribution in [3.63, 3.8) is 0 Å². The smallest absolute Gasteiger partial charge is 0.305 e. The topological polar surface area (TPSA) is 125 Å². The van der Waals surface area contributed by atoms with Crippen molar-refractivity contribution in [1.29, 1.82) is 0 Å². The summed E-state index contributed by atoms with van der Waals surface area (Å²) in [7, 11) is 0. The molecule has 8 nitrogen and oxygen atoms in total. The molecule has 1 heterocycles. The molecule has 0 aliphatic carbocycles. The van der Waals surface area contributed by atoms with Crippen LogP contribution in [0.2, 0.25) is 0 Å². The number of carbonyl (C=O) groups excluding carboxylic acids is 1. The minimum absolute atomic E-state index is 0.136. The van der Waals surface area contributed by atoms with E-state index in [9.17, 15) is 24.2 Å². The highest BCUT2D eigenvalue weighted by Gasteiger charge is 2.25. The van der Waals surface area contributed by atoms with Gasteiger partial charge in [0.15, 0.2) is 5.69 Å². The van der Waals surface area contributed by atoms with Gasteiger partial charge in [-0.2, -0.15) is 5.10 Å². The number of halogens is 1. The Labute approximate surface area is 215 Å². The van der Waals surface area contributed by atoms with E-state index in [0.29, 0.717) is 23.5 Å². The SMILES string of the molecule is Cc1ccccc1CNC(=O)c1nn(-c2ccc(F)cc2)c(C=C[C@@H](O)C[C@@H](O)CC(=O)O)c1C(C)C. The molecule has 9 heteroatoms. The number of aliphatic carboxylic acids is 1. The van der Waals surface area contributed by atoms with Crippen LogP contribution in [0.15, 0.2) is 54.6 Å². The van der Waals surface area contributed by atoms with Gasteiger partial charge in [0, 0.05) is 18.5 Å². The molecule has 2 aromatic carbocycles. The number of aryl methyl sites for hydroxylation is 1. The van der Waals surface area contributed by atoms with Gasteiger partial charge in [0.25, 0.3) is 5.91 Å². The van der Waals surface area contributed by atoms with Gasteiger partial charge in [-0.15, -0.1) is 0 Å². The molecule has 0 bridgehead atoms. The Balaban J connectivity index is 1.98. The molecule has 2 atom stereocenters. The molecule has 0 aliphatic rings. The molecule has 0 fully saturated rings. The molecule has 196 valence electrons. The Kier molecular flexibility index (Phi) is 9.32. The van der Waals surface area contributed by atoms with E-state index in [1.54, 1.807) is 6.08 Å². The number of rotatable bonds is 11. The summed E-state index contributed by atoms with van der Waals surface area (Å²) in [4.78, 5) is 24.1. The van der Waals surface area contributed by atoms with Crippen LogP contribution < -0.4 is 5.32 Å². The summed E-state index contributed by atoms with van der Waals surface area (Å²) in [5.74, 6) is -2.10. The molecule has 37 heavy (non-hydrogen) atoms. The van der Waals surface area contributed by atoms with Gasteiger partial charge in [-0.25, -0.2) is 9.07 Å². The second-order valence-corrected chi connectivity index (χ2v) is 9.21. The third-order valence-corrected chi connectivity index (χ3v) is 5.92. The lowest BCUT2D eigenvalue weighted by molar-refractivity contribution is -0.139. The number of aliphatic hydroxyl groups is 2. The van der Waals surface area contributed by atoms with E-state index in [1.807, 2.05) is 45.0 Å². The van der Waals surface area contributed by atoms with Crippen LogP contribution in [0, 0.1) is 12.7 Å². The van der Waals surface area contributed by atoms with Gasteiger partial charge in [0.05, 0.1) is 30.0 Å². The first-order chi connectivity index (χ1) is 17.6. The lowest BCUT2D eigenvalue weighted by atomic mass is 9.98. The van der Waals surface area contributed by atoms with Crippen molar-refractivity contribution in [2.24, 2.45) is 0 Å². The first kappa shape index (κ1) is 27.8. The Hall–Kier alpha value is -3.82. The summed E-state index contributed by atoms with van der Waals surface area (Å²) in [6.45, 7) is 6.10. The number of amides is 1. The van der Waals surface area contributed by atoms with Crippen LogP contribution >= 0.6 is 0 Å². The fourth-order valence-corrected chi connectivity index (χ4v) is 4.03. The summed E-state index contributed by atoms with van der Waals surface area (Å²) in [5.41, 5.74) is 3.87. The minimum Gasteiger partial charge on any atom is -0.481 e. The maximum atomic E-state index is 13.6. The molecule has 3 rings (SSSR count). The Bertz CT molecular complexity index is 1270. The molecule has 1 aromatic heterocycles. The molecule has 3 aromatic rings. The van der Waals surface area contributed by atoms with Crippen molar-refractivity contribution in [1.82, 2.24) is 15.1 Å². The monoisotopic (exact) mass is 509 g/mol. The van der Waals surface area contributed by atoms with E-state index in [1.165, 1.54) is 35.0 Å². The average molecular weight is 510 g/mol. The molecule has 0 unspecified atom stereocenters. The largest absolute Gasteiger partial charge is 0.481 e. The molecule has 0 saturated carbocycles. The highest BCUT2D eigenvalue weighted by atomic mass is 19.1. The number of nitrogens with one attached hydrogen (secondary N) is 1. The van der Waals surface area contributed by atoms with E-state index in [0.717, 1.165) is 11.1 Å². The standard InChI is InChI=1S/C28H32FN3O5/c1-17(2)26-24(13-12-22(33)14-23(34)15-25(35)36)32(21-10-8-20(29)9-11-21)31-27(26)28(37)30-16-19-7-5-4-6-18(19)3/h4-13,17,22-23,33-34H,14-16H2,1-3H3,(H,30,37)(H,35,36)/t22-,23-/m1/s1. The van der Waals surface area contributed by atoms with Gasteiger partial charge in [-0.3, -0.25) is 9.59 Å². The number of carboxylic acid groups (broad SMARTS) is 1. The minimum atomic E-state index is -1.22. The first-order valence-electron chi connectivity index (χ1n) is 12.0. The summed E-state index contributed by atoms with van der Waals surface area (Å²) in [6, 6.07) is 13.4. The summed E-state index contributed by atoms with van der Waals surface area (Å²) < 4.78 is 15.1. The van der Waals surface area contributed by atoms with Gasteiger partial charge < -0.3 is 20.6 Å². The van der Waals surface area contributed by atoms with Gasteiger partial charge in [0.2, 0.25) is 0 Å². The lowest BCUT2D eigenvalue weighted by Crippen LogP contribution is -2.25. The molecule has 0 radical (unpaired) electrons. The zero-order chi connectivity index (χ0) is 27.1. The number of nitrogens with zero attached hydrogens (tertiary/aromatic N) is 2. The predicted molar refractivity (Wildman–Crippen MR) is 138 cm³/mol. The molecule has 4 N–H and O–H groups in total. The zero-order valence-electron chi connectivity index (χ0n) is 21.1. The maximum Gasteiger partial charge on any atom is 0.305 e. The Morgan fingerprint density at radius 1 is 1.11 bits per heavy atom. The lowest BCUT2D eigenvalue weighted by Gasteiger charge is -2.12. The fourth-order valence-electron chi connectivity index (χ4n) is 4.03. The Morgan fingerprint density at radius 2 is 1.78 bits per heavy atom. The second kappa shape index (κ2) is 12.4. The van der Waals surface area contributed by atoms with Crippen LogP contribution in [-0.2, 0) is 11.3 Å². The summed E-state index contributed by atoms with van der Waals surface area (Å²) in [5, 5.41) is 36.6.